The summed E-state index contributed by atoms with van der Waals surface area (Å²) < 4.78 is 1.74. The molecule has 11 heavy (non-hydrogen) atoms. The highest BCUT2D eigenvalue weighted by molar-refractivity contribution is 5.54. The fourth-order valence-electron chi connectivity index (χ4n) is 0.885. The van der Waals surface area contributed by atoms with Crippen molar-refractivity contribution >= 4 is 6.29 Å². The van der Waals surface area contributed by atoms with Gasteiger partial charge in [-0.1, -0.05) is 0 Å². The molecule has 0 aliphatic heterocycles. The van der Waals surface area contributed by atoms with Crippen LogP contribution in [0.5, 0.6) is 0 Å². The van der Waals surface area contributed by atoms with Gasteiger partial charge in [-0.2, -0.15) is 0 Å². The maximum Gasteiger partial charge on any atom is 0.157 e. The molecule has 0 aliphatic carbocycles. The number of carbonyl (C=O) groups excluding carboxylic acids is 1. The van der Waals surface area contributed by atoms with Crippen LogP contribution in [0.2, 0.25) is 0 Å². The maximum atomic E-state index is 10.6. The van der Waals surface area contributed by atoms with Gasteiger partial charge in [0.25, 0.3) is 0 Å². The lowest BCUT2D eigenvalue weighted by Gasteiger charge is -2.18. The Morgan fingerprint density at radius 2 is 2.36 bits per heavy atom. The van der Waals surface area contributed by atoms with Gasteiger partial charge in [0.05, 0.1) is 6.33 Å². The van der Waals surface area contributed by atoms with Crippen LogP contribution in [0.1, 0.15) is 6.17 Å². The summed E-state index contributed by atoms with van der Waals surface area (Å²) in [4.78, 5) is 16.2. The van der Waals surface area contributed by atoms with Gasteiger partial charge in [-0.05, 0) is 14.1 Å². The smallest absolute Gasteiger partial charge is 0.157 e. The molecule has 0 aromatic carbocycles. The first kappa shape index (κ1) is 7.94. The van der Waals surface area contributed by atoms with Crippen LogP contribution in [-0.2, 0) is 4.79 Å². The third-order valence-corrected chi connectivity index (χ3v) is 1.48. The largest absolute Gasteiger partial charge is 0.314 e. The van der Waals surface area contributed by atoms with Crippen molar-refractivity contribution in [2.75, 3.05) is 14.1 Å². The monoisotopic (exact) mass is 153 g/mol. The summed E-state index contributed by atoms with van der Waals surface area (Å²) >= 11 is 0. The number of imidazole rings is 1. The van der Waals surface area contributed by atoms with Gasteiger partial charge in [0.2, 0.25) is 0 Å². The molecule has 1 rings (SSSR count). The van der Waals surface area contributed by atoms with E-state index in [9.17, 15) is 4.79 Å². The van der Waals surface area contributed by atoms with E-state index >= 15 is 0 Å². The molecule has 4 nitrogen and oxygen atoms in total. The minimum atomic E-state index is -0.238. The molecule has 1 aromatic rings. The molecule has 1 heterocycles. The number of carbonyl (C=O) groups is 1. The number of nitrogens with zero attached hydrogens (tertiary/aromatic N) is 3. The van der Waals surface area contributed by atoms with Gasteiger partial charge in [-0.3, -0.25) is 9.69 Å². The fourth-order valence-corrected chi connectivity index (χ4v) is 0.885. The molecule has 0 spiro atoms. The van der Waals surface area contributed by atoms with Crippen molar-refractivity contribution < 1.29 is 4.79 Å². The molecule has 0 radical (unpaired) electrons. The van der Waals surface area contributed by atoms with Crippen LogP contribution < -0.4 is 0 Å². The van der Waals surface area contributed by atoms with Gasteiger partial charge >= 0.3 is 0 Å². The molecule has 1 aromatic heterocycles. The first-order valence-corrected chi connectivity index (χ1v) is 3.35. The Balaban J connectivity index is 2.79. The van der Waals surface area contributed by atoms with E-state index in [1.54, 1.807) is 23.3 Å². The highest BCUT2D eigenvalue weighted by atomic mass is 16.1. The molecule has 4 heteroatoms. The third kappa shape index (κ3) is 1.65. The minimum Gasteiger partial charge on any atom is -0.314 e. The zero-order valence-electron chi connectivity index (χ0n) is 6.64. The van der Waals surface area contributed by atoms with E-state index in [0.29, 0.717) is 0 Å². The van der Waals surface area contributed by atoms with Gasteiger partial charge in [-0.15, -0.1) is 0 Å². The van der Waals surface area contributed by atoms with Crippen LogP contribution >= 0.6 is 0 Å². The van der Waals surface area contributed by atoms with Crippen molar-refractivity contribution in [3.8, 4) is 0 Å². The number of likely N-dealkylation sites (N-methyl/N-ethyl adjacent to an activating group) is 1. The van der Waals surface area contributed by atoms with Crippen LogP contribution in [0.25, 0.3) is 0 Å². The van der Waals surface area contributed by atoms with Crippen molar-refractivity contribution in [1.82, 2.24) is 14.5 Å². The minimum absolute atomic E-state index is 0.238. The SMILES string of the molecule is CN(C)C(C=O)n1ccnc1. The molecule has 0 saturated heterocycles. The summed E-state index contributed by atoms with van der Waals surface area (Å²) in [6.45, 7) is 0. The molecule has 0 N–H and O–H groups in total. The second-order valence-corrected chi connectivity index (χ2v) is 2.52. The number of hydrogen-bond acceptors (Lipinski definition) is 3. The molecule has 0 fully saturated rings. The molecular formula is C7H11N3O. The molecule has 0 aliphatic rings. The second kappa shape index (κ2) is 3.30. The summed E-state index contributed by atoms with van der Waals surface area (Å²) in [6.07, 6.45) is 5.68. The van der Waals surface area contributed by atoms with Crippen molar-refractivity contribution in [2.45, 2.75) is 6.17 Å². The maximum absolute atomic E-state index is 10.6. The van der Waals surface area contributed by atoms with Crippen molar-refractivity contribution in [1.29, 1.82) is 0 Å². The Kier molecular flexibility index (Phi) is 2.38. The first-order valence-electron chi connectivity index (χ1n) is 3.35. The first-order chi connectivity index (χ1) is 5.25. The number of rotatable bonds is 3. The molecule has 0 saturated carbocycles. The second-order valence-electron chi connectivity index (χ2n) is 2.52. The Bertz CT molecular complexity index is 218. The van der Waals surface area contributed by atoms with E-state index in [1.807, 2.05) is 19.0 Å². The van der Waals surface area contributed by atoms with Crippen molar-refractivity contribution in [2.24, 2.45) is 0 Å². The van der Waals surface area contributed by atoms with E-state index in [1.165, 1.54) is 0 Å². The number of aromatic nitrogens is 2. The lowest BCUT2D eigenvalue weighted by atomic mass is 10.5. The Morgan fingerprint density at radius 1 is 1.64 bits per heavy atom. The van der Waals surface area contributed by atoms with E-state index in [4.69, 9.17) is 0 Å². The average molecular weight is 153 g/mol. The molecular weight excluding hydrogens is 142 g/mol. The summed E-state index contributed by atoms with van der Waals surface area (Å²) in [5, 5.41) is 0. The molecule has 1 atom stereocenters. The Morgan fingerprint density at radius 3 is 2.73 bits per heavy atom. The fraction of sp³-hybridized carbons (Fsp3) is 0.429. The zero-order chi connectivity index (χ0) is 8.27. The standard InChI is InChI=1S/C7H11N3O/c1-9(2)7(5-11)10-4-3-8-6-10/h3-7H,1-2H3. The Hall–Kier alpha value is -1.16. The third-order valence-electron chi connectivity index (χ3n) is 1.48. The zero-order valence-corrected chi connectivity index (χ0v) is 6.64. The Labute approximate surface area is 65.5 Å². The summed E-state index contributed by atoms with van der Waals surface area (Å²) in [7, 11) is 3.69. The van der Waals surface area contributed by atoms with E-state index in [0.717, 1.165) is 6.29 Å². The topological polar surface area (TPSA) is 38.1 Å². The summed E-state index contributed by atoms with van der Waals surface area (Å²) in [6, 6.07) is 0. The van der Waals surface area contributed by atoms with Gasteiger partial charge in [0, 0.05) is 12.4 Å². The molecule has 1 unspecified atom stereocenters. The lowest BCUT2D eigenvalue weighted by Crippen LogP contribution is -2.25. The lowest BCUT2D eigenvalue weighted by molar-refractivity contribution is -0.114. The highest BCUT2D eigenvalue weighted by Gasteiger charge is 2.09. The number of aldehydes is 1. The van der Waals surface area contributed by atoms with Crippen LogP contribution in [0.15, 0.2) is 18.7 Å². The van der Waals surface area contributed by atoms with Gasteiger partial charge in [0.1, 0.15) is 6.17 Å². The molecule has 60 valence electrons. The van der Waals surface area contributed by atoms with Crippen LogP contribution in [0.4, 0.5) is 0 Å². The van der Waals surface area contributed by atoms with Crippen molar-refractivity contribution in [3.63, 3.8) is 0 Å². The van der Waals surface area contributed by atoms with E-state index in [-0.39, 0.29) is 6.17 Å². The normalized spacial score (nSPS) is 13.4. The van der Waals surface area contributed by atoms with Crippen LogP contribution in [-0.4, -0.2) is 34.8 Å². The molecule has 0 amide bonds. The average Bonchev–Trinajstić information content (AvgIpc) is 2.40. The van der Waals surface area contributed by atoms with Crippen molar-refractivity contribution in [3.05, 3.63) is 18.7 Å². The summed E-state index contributed by atoms with van der Waals surface area (Å²) in [5.41, 5.74) is 0. The quantitative estimate of drug-likeness (QED) is 0.580. The van der Waals surface area contributed by atoms with Gasteiger partial charge < -0.3 is 4.57 Å². The van der Waals surface area contributed by atoms with Gasteiger partial charge in [0.15, 0.2) is 6.29 Å². The summed E-state index contributed by atoms with van der Waals surface area (Å²) in [5.74, 6) is 0. The van der Waals surface area contributed by atoms with E-state index in [2.05, 4.69) is 4.98 Å². The number of hydrogen-bond donors (Lipinski definition) is 0. The van der Waals surface area contributed by atoms with Crippen LogP contribution in [0.3, 0.4) is 0 Å². The molecule has 0 bridgehead atoms. The van der Waals surface area contributed by atoms with Gasteiger partial charge in [-0.25, -0.2) is 4.98 Å². The predicted molar refractivity (Wildman–Crippen MR) is 41.0 cm³/mol. The van der Waals surface area contributed by atoms with E-state index < -0.39 is 0 Å². The van der Waals surface area contributed by atoms with Crippen LogP contribution in [0, 0.1) is 0 Å². The predicted octanol–water partition coefficient (Wildman–Crippen LogP) is 0.142. The highest BCUT2D eigenvalue weighted by Crippen LogP contribution is 2.03.